The third-order valence-electron chi connectivity index (χ3n) is 2.52. The minimum Gasteiger partial charge on any atom is -0.352 e. The van der Waals surface area contributed by atoms with Crippen LogP contribution >= 0.6 is 39.7 Å². The Hall–Kier alpha value is -0.100. The lowest BCUT2D eigenvalue weighted by atomic mass is 10.1. The van der Waals surface area contributed by atoms with Gasteiger partial charge in [0.1, 0.15) is 0 Å². The van der Waals surface area contributed by atoms with Gasteiger partial charge in [-0.25, -0.2) is 0 Å². The summed E-state index contributed by atoms with van der Waals surface area (Å²) in [5, 5.41) is 8.20. The summed E-state index contributed by atoms with van der Waals surface area (Å²) in [6.07, 6.45) is 0.958. The predicted octanol–water partition coefficient (Wildman–Crippen LogP) is 2.16. The normalized spacial score (nSPS) is 19.2. The first-order valence-electron chi connectivity index (χ1n) is 4.97. The molecule has 2 N–H and O–H groups in total. The van der Waals surface area contributed by atoms with Gasteiger partial charge in [0.2, 0.25) is 5.91 Å². The van der Waals surface area contributed by atoms with Gasteiger partial charge in [0.15, 0.2) is 0 Å². The van der Waals surface area contributed by atoms with E-state index in [4.69, 9.17) is 0 Å². The van der Waals surface area contributed by atoms with Gasteiger partial charge in [-0.15, -0.1) is 23.7 Å². The lowest BCUT2D eigenvalue weighted by molar-refractivity contribution is -0.124. The maximum atomic E-state index is 11.7. The molecule has 1 aromatic rings. The molecule has 1 aliphatic rings. The number of hydrogen-bond acceptors (Lipinski definition) is 3. The zero-order valence-corrected chi connectivity index (χ0v) is 11.9. The molecule has 1 atom stereocenters. The second-order valence-corrected chi connectivity index (χ2v) is 5.96. The third kappa shape index (κ3) is 3.73. The molecule has 0 radical (unpaired) electrons. The van der Waals surface area contributed by atoms with Crippen LogP contribution in [0.2, 0.25) is 0 Å². The van der Waals surface area contributed by atoms with Gasteiger partial charge in [0.05, 0.1) is 9.70 Å². The Balaban J connectivity index is 0.00000128. The standard InChI is InChI=1S/C10H13BrN2OS.ClH/c11-9-3-7(6-15-9)4-13-10(14)8-1-2-12-5-8;/h3,6,8,12H,1-2,4-5H2,(H,13,14);1H/t8-;/m1./s1. The molecule has 0 unspecified atom stereocenters. The van der Waals surface area contributed by atoms with Crippen LogP contribution in [0.15, 0.2) is 15.2 Å². The fraction of sp³-hybridized carbons (Fsp3) is 0.500. The number of carbonyl (C=O) groups excluding carboxylic acids is 1. The van der Waals surface area contributed by atoms with Gasteiger partial charge in [0.25, 0.3) is 0 Å². The molecule has 0 spiro atoms. The molecule has 0 aromatic carbocycles. The number of carbonyl (C=O) groups is 1. The first-order chi connectivity index (χ1) is 7.25. The van der Waals surface area contributed by atoms with Crippen LogP contribution in [0, 0.1) is 5.92 Å². The second kappa shape index (κ2) is 6.59. The average molecular weight is 326 g/mol. The third-order valence-corrected chi connectivity index (χ3v) is 4.07. The van der Waals surface area contributed by atoms with E-state index in [0.29, 0.717) is 6.54 Å². The van der Waals surface area contributed by atoms with Gasteiger partial charge in [-0.1, -0.05) is 0 Å². The Morgan fingerprint density at radius 1 is 1.69 bits per heavy atom. The van der Waals surface area contributed by atoms with Crippen molar-refractivity contribution in [2.24, 2.45) is 5.92 Å². The highest BCUT2D eigenvalue weighted by Gasteiger charge is 2.21. The molecule has 0 aliphatic carbocycles. The zero-order valence-electron chi connectivity index (χ0n) is 8.66. The minimum atomic E-state index is 0. The molecule has 1 amide bonds. The van der Waals surface area contributed by atoms with Crippen molar-refractivity contribution in [3.05, 3.63) is 20.8 Å². The highest BCUT2D eigenvalue weighted by atomic mass is 79.9. The lowest BCUT2D eigenvalue weighted by Crippen LogP contribution is -2.31. The number of thiophene rings is 1. The van der Waals surface area contributed by atoms with Crippen molar-refractivity contribution < 1.29 is 4.79 Å². The van der Waals surface area contributed by atoms with E-state index in [9.17, 15) is 4.79 Å². The van der Waals surface area contributed by atoms with E-state index in [1.54, 1.807) is 11.3 Å². The second-order valence-electron chi connectivity index (χ2n) is 3.67. The molecule has 2 heterocycles. The van der Waals surface area contributed by atoms with Crippen LogP contribution in [0.5, 0.6) is 0 Å². The first-order valence-corrected chi connectivity index (χ1v) is 6.64. The van der Waals surface area contributed by atoms with Crippen LogP contribution in [0.1, 0.15) is 12.0 Å². The van der Waals surface area contributed by atoms with Gasteiger partial charge in [-0.2, -0.15) is 0 Å². The van der Waals surface area contributed by atoms with Crippen molar-refractivity contribution in [3.63, 3.8) is 0 Å². The zero-order chi connectivity index (χ0) is 10.7. The van der Waals surface area contributed by atoms with E-state index in [1.165, 1.54) is 0 Å². The van der Waals surface area contributed by atoms with Gasteiger partial charge in [-0.05, 0) is 45.9 Å². The van der Waals surface area contributed by atoms with Crippen LogP contribution in [0.25, 0.3) is 0 Å². The molecule has 3 nitrogen and oxygen atoms in total. The molecule has 1 fully saturated rings. The van der Waals surface area contributed by atoms with Crippen molar-refractivity contribution in [3.8, 4) is 0 Å². The molecule has 16 heavy (non-hydrogen) atoms. The monoisotopic (exact) mass is 324 g/mol. The molecule has 2 rings (SSSR count). The van der Waals surface area contributed by atoms with E-state index in [2.05, 4.69) is 31.9 Å². The Morgan fingerprint density at radius 3 is 3.06 bits per heavy atom. The highest BCUT2D eigenvalue weighted by molar-refractivity contribution is 9.11. The van der Waals surface area contributed by atoms with Crippen LogP contribution in [0.3, 0.4) is 0 Å². The van der Waals surface area contributed by atoms with Crippen LogP contribution in [-0.2, 0) is 11.3 Å². The molecular formula is C10H14BrClN2OS. The van der Waals surface area contributed by atoms with E-state index >= 15 is 0 Å². The maximum absolute atomic E-state index is 11.7. The number of rotatable bonds is 3. The Kier molecular flexibility index (Phi) is 5.75. The smallest absolute Gasteiger partial charge is 0.224 e. The van der Waals surface area contributed by atoms with E-state index in [0.717, 1.165) is 28.9 Å². The molecule has 6 heteroatoms. The molecular weight excluding hydrogens is 312 g/mol. The topological polar surface area (TPSA) is 41.1 Å². The summed E-state index contributed by atoms with van der Waals surface area (Å²) >= 11 is 5.04. The maximum Gasteiger partial charge on any atom is 0.224 e. The summed E-state index contributed by atoms with van der Waals surface area (Å²) in [6.45, 7) is 2.42. The van der Waals surface area contributed by atoms with Crippen molar-refractivity contribution in [2.75, 3.05) is 13.1 Å². The summed E-state index contributed by atoms with van der Waals surface area (Å²) in [5.74, 6) is 0.328. The van der Waals surface area contributed by atoms with Gasteiger partial charge in [-0.3, -0.25) is 4.79 Å². The van der Waals surface area contributed by atoms with Crippen LogP contribution in [0.4, 0.5) is 0 Å². The van der Waals surface area contributed by atoms with E-state index < -0.39 is 0 Å². The summed E-state index contributed by atoms with van der Waals surface area (Å²) in [6, 6.07) is 2.04. The Bertz CT molecular complexity index is 352. The Morgan fingerprint density at radius 2 is 2.50 bits per heavy atom. The fourth-order valence-corrected chi connectivity index (χ4v) is 2.86. The van der Waals surface area contributed by atoms with Crippen molar-refractivity contribution in [1.82, 2.24) is 10.6 Å². The molecule has 1 aliphatic heterocycles. The highest BCUT2D eigenvalue weighted by Crippen LogP contribution is 2.20. The van der Waals surface area contributed by atoms with Crippen molar-refractivity contribution >= 4 is 45.6 Å². The number of halogens is 2. The largest absolute Gasteiger partial charge is 0.352 e. The van der Waals surface area contributed by atoms with Crippen LogP contribution < -0.4 is 10.6 Å². The van der Waals surface area contributed by atoms with Gasteiger partial charge >= 0.3 is 0 Å². The molecule has 0 bridgehead atoms. The summed E-state index contributed by atoms with van der Waals surface area (Å²) in [5.41, 5.74) is 1.16. The first kappa shape index (κ1) is 14.0. The molecule has 1 saturated heterocycles. The van der Waals surface area contributed by atoms with Crippen LogP contribution in [-0.4, -0.2) is 19.0 Å². The number of amides is 1. The van der Waals surface area contributed by atoms with Crippen molar-refractivity contribution in [1.29, 1.82) is 0 Å². The summed E-state index contributed by atoms with van der Waals surface area (Å²) in [4.78, 5) is 11.7. The molecule has 0 saturated carbocycles. The summed E-state index contributed by atoms with van der Waals surface area (Å²) in [7, 11) is 0. The SMILES string of the molecule is Cl.O=C(NCc1csc(Br)c1)[C@@H]1CCNC1. The van der Waals surface area contributed by atoms with Crippen molar-refractivity contribution in [2.45, 2.75) is 13.0 Å². The molecule has 1 aromatic heterocycles. The lowest BCUT2D eigenvalue weighted by Gasteiger charge is -2.08. The minimum absolute atomic E-state index is 0. The number of nitrogens with one attached hydrogen (secondary N) is 2. The van der Waals surface area contributed by atoms with Gasteiger partial charge in [0, 0.05) is 13.1 Å². The quantitative estimate of drug-likeness (QED) is 0.894. The summed E-state index contributed by atoms with van der Waals surface area (Å²) < 4.78 is 1.11. The fourth-order valence-electron chi connectivity index (χ4n) is 1.65. The Labute approximate surface area is 114 Å². The van der Waals surface area contributed by atoms with E-state index in [-0.39, 0.29) is 24.2 Å². The van der Waals surface area contributed by atoms with Gasteiger partial charge < -0.3 is 10.6 Å². The number of hydrogen-bond donors (Lipinski definition) is 2. The predicted molar refractivity (Wildman–Crippen MR) is 72.1 cm³/mol. The van der Waals surface area contributed by atoms with E-state index in [1.807, 2.05) is 6.07 Å². The molecule has 90 valence electrons. The average Bonchev–Trinajstić information content (AvgIpc) is 2.84.